The molecule has 2 rings (SSSR count). The Hall–Kier alpha value is -0.610. The molecule has 1 aliphatic carbocycles. The van der Waals surface area contributed by atoms with Crippen LogP contribution in [0.4, 0.5) is 0 Å². The van der Waals surface area contributed by atoms with Crippen molar-refractivity contribution in [2.75, 3.05) is 13.2 Å². The lowest BCUT2D eigenvalue weighted by Gasteiger charge is -2.31. The van der Waals surface area contributed by atoms with Gasteiger partial charge in [0.25, 0.3) is 0 Å². The minimum atomic E-state index is -0.602. The van der Waals surface area contributed by atoms with Gasteiger partial charge in [-0.2, -0.15) is 0 Å². The highest BCUT2D eigenvalue weighted by Gasteiger charge is 2.24. The first-order valence-corrected chi connectivity index (χ1v) is 7.37. The topological polar surface area (TPSA) is 52.5 Å². The first kappa shape index (κ1) is 14.8. The number of nitrogens with one attached hydrogen (secondary N) is 1. The van der Waals surface area contributed by atoms with Gasteiger partial charge in [-0.3, -0.25) is 0 Å². The second-order valence-corrected chi connectivity index (χ2v) is 5.69. The summed E-state index contributed by atoms with van der Waals surface area (Å²) < 4.78 is 0. The SMILES string of the molecule is OC[C@@H]1CCCC[C@@H]1NC[C@H](O)c1ccccc1Cl. The van der Waals surface area contributed by atoms with E-state index in [1.807, 2.05) is 18.2 Å². The summed E-state index contributed by atoms with van der Waals surface area (Å²) in [6, 6.07) is 7.67. The van der Waals surface area contributed by atoms with Crippen LogP contribution in [0.5, 0.6) is 0 Å². The maximum atomic E-state index is 10.2. The zero-order chi connectivity index (χ0) is 13.7. The molecule has 3 nitrogen and oxygen atoms in total. The van der Waals surface area contributed by atoms with Crippen LogP contribution in [0.1, 0.15) is 37.4 Å². The van der Waals surface area contributed by atoms with Crippen molar-refractivity contribution in [3.05, 3.63) is 34.9 Å². The third-order valence-electron chi connectivity index (χ3n) is 3.98. The summed E-state index contributed by atoms with van der Waals surface area (Å²) in [5.74, 6) is 0.312. The molecule has 0 saturated heterocycles. The zero-order valence-electron chi connectivity index (χ0n) is 11.1. The molecule has 1 fully saturated rings. The summed E-state index contributed by atoms with van der Waals surface area (Å²) in [4.78, 5) is 0. The van der Waals surface area contributed by atoms with Crippen molar-refractivity contribution in [2.45, 2.75) is 37.8 Å². The number of rotatable bonds is 5. The summed E-state index contributed by atoms with van der Waals surface area (Å²) in [6.45, 7) is 0.699. The third-order valence-corrected chi connectivity index (χ3v) is 4.33. The molecule has 0 unspecified atom stereocenters. The quantitative estimate of drug-likeness (QED) is 0.778. The Labute approximate surface area is 119 Å². The summed E-state index contributed by atoms with van der Waals surface area (Å²) in [5.41, 5.74) is 0.757. The van der Waals surface area contributed by atoms with Crippen molar-refractivity contribution in [3.8, 4) is 0 Å². The van der Waals surface area contributed by atoms with Crippen LogP contribution in [0, 0.1) is 5.92 Å². The monoisotopic (exact) mass is 283 g/mol. The van der Waals surface area contributed by atoms with Gasteiger partial charge in [-0.25, -0.2) is 0 Å². The first-order valence-electron chi connectivity index (χ1n) is 6.99. The zero-order valence-corrected chi connectivity index (χ0v) is 11.8. The van der Waals surface area contributed by atoms with Gasteiger partial charge in [0.1, 0.15) is 0 Å². The molecule has 1 aliphatic rings. The number of aliphatic hydroxyl groups excluding tert-OH is 2. The normalized spacial score (nSPS) is 25.2. The van der Waals surface area contributed by atoms with Gasteiger partial charge < -0.3 is 15.5 Å². The summed E-state index contributed by atoms with van der Waals surface area (Å²) in [7, 11) is 0. The van der Waals surface area contributed by atoms with Crippen LogP contribution in [-0.2, 0) is 0 Å². The Balaban J connectivity index is 1.89. The van der Waals surface area contributed by atoms with E-state index in [0.717, 1.165) is 18.4 Å². The third kappa shape index (κ3) is 3.93. The van der Waals surface area contributed by atoms with E-state index in [4.69, 9.17) is 11.6 Å². The Morgan fingerprint density at radius 3 is 2.74 bits per heavy atom. The largest absolute Gasteiger partial charge is 0.396 e. The van der Waals surface area contributed by atoms with Gasteiger partial charge in [0, 0.05) is 29.8 Å². The van der Waals surface area contributed by atoms with Crippen molar-refractivity contribution in [1.82, 2.24) is 5.32 Å². The lowest BCUT2D eigenvalue weighted by atomic mass is 9.85. The molecule has 1 saturated carbocycles. The van der Waals surface area contributed by atoms with Crippen molar-refractivity contribution >= 4 is 11.6 Å². The minimum Gasteiger partial charge on any atom is -0.396 e. The van der Waals surface area contributed by atoms with Crippen molar-refractivity contribution < 1.29 is 10.2 Å². The molecule has 1 aromatic rings. The lowest BCUT2D eigenvalue weighted by molar-refractivity contribution is 0.127. The van der Waals surface area contributed by atoms with Crippen LogP contribution in [0.3, 0.4) is 0 Å². The molecular formula is C15H22ClNO2. The molecule has 0 radical (unpaired) electrons. The van der Waals surface area contributed by atoms with Crippen LogP contribution in [0.25, 0.3) is 0 Å². The summed E-state index contributed by atoms with van der Waals surface area (Å²) >= 11 is 6.07. The maximum absolute atomic E-state index is 10.2. The molecule has 0 aromatic heterocycles. The van der Waals surface area contributed by atoms with Gasteiger partial charge in [-0.15, -0.1) is 0 Å². The highest BCUT2D eigenvalue weighted by atomic mass is 35.5. The highest BCUT2D eigenvalue weighted by molar-refractivity contribution is 6.31. The number of benzene rings is 1. The van der Waals surface area contributed by atoms with E-state index in [0.29, 0.717) is 23.5 Å². The molecule has 106 valence electrons. The Morgan fingerprint density at radius 1 is 1.26 bits per heavy atom. The van der Waals surface area contributed by atoms with Gasteiger partial charge in [-0.05, 0) is 24.8 Å². The fourth-order valence-corrected chi connectivity index (χ4v) is 3.07. The van der Waals surface area contributed by atoms with Crippen molar-refractivity contribution in [1.29, 1.82) is 0 Å². The van der Waals surface area contributed by atoms with E-state index in [1.54, 1.807) is 6.07 Å². The lowest BCUT2D eigenvalue weighted by Crippen LogP contribution is -2.42. The molecule has 0 spiro atoms. The molecule has 19 heavy (non-hydrogen) atoms. The molecular weight excluding hydrogens is 262 g/mol. The summed E-state index contributed by atoms with van der Waals surface area (Å²) in [6.07, 6.45) is 3.92. The Morgan fingerprint density at radius 2 is 2.00 bits per heavy atom. The second-order valence-electron chi connectivity index (χ2n) is 5.28. The smallest absolute Gasteiger partial charge is 0.0928 e. The van der Waals surface area contributed by atoms with E-state index >= 15 is 0 Å². The van der Waals surface area contributed by atoms with E-state index < -0.39 is 6.10 Å². The first-order chi connectivity index (χ1) is 9.22. The van der Waals surface area contributed by atoms with E-state index in [-0.39, 0.29) is 6.61 Å². The highest BCUT2D eigenvalue weighted by Crippen LogP contribution is 2.26. The van der Waals surface area contributed by atoms with Gasteiger partial charge in [0.2, 0.25) is 0 Å². The van der Waals surface area contributed by atoms with Gasteiger partial charge in [-0.1, -0.05) is 42.6 Å². The number of hydrogen-bond donors (Lipinski definition) is 3. The van der Waals surface area contributed by atoms with Crippen LogP contribution < -0.4 is 5.32 Å². The molecule has 1 aromatic carbocycles. The molecule has 3 N–H and O–H groups in total. The van der Waals surface area contributed by atoms with Crippen LogP contribution in [0.15, 0.2) is 24.3 Å². The predicted octanol–water partition coefficient (Wildman–Crippen LogP) is 2.51. The maximum Gasteiger partial charge on any atom is 0.0928 e. The van der Waals surface area contributed by atoms with Crippen LogP contribution in [-0.4, -0.2) is 29.4 Å². The molecule has 4 heteroatoms. The van der Waals surface area contributed by atoms with Crippen LogP contribution in [0.2, 0.25) is 5.02 Å². The van der Waals surface area contributed by atoms with Crippen molar-refractivity contribution in [2.24, 2.45) is 5.92 Å². The molecule has 0 bridgehead atoms. The average Bonchev–Trinajstić information content (AvgIpc) is 2.45. The van der Waals surface area contributed by atoms with Crippen LogP contribution >= 0.6 is 11.6 Å². The fraction of sp³-hybridized carbons (Fsp3) is 0.600. The van der Waals surface area contributed by atoms with Gasteiger partial charge in [0.15, 0.2) is 0 Å². The van der Waals surface area contributed by atoms with Crippen molar-refractivity contribution in [3.63, 3.8) is 0 Å². The Bertz CT molecular complexity index is 399. The number of halogens is 1. The summed E-state index contributed by atoms with van der Waals surface area (Å²) in [5, 5.41) is 23.5. The molecule has 0 amide bonds. The minimum absolute atomic E-state index is 0.222. The van der Waals surface area contributed by atoms with E-state index in [2.05, 4.69) is 5.32 Å². The Kier molecular flexibility index (Phi) is 5.64. The fourth-order valence-electron chi connectivity index (χ4n) is 2.81. The standard InChI is InChI=1S/C15H22ClNO2/c16-13-7-3-2-6-12(13)15(19)9-17-14-8-4-1-5-11(14)10-18/h2-3,6-7,11,14-15,17-19H,1,4-5,8-10H2/t11-,14-,15-/m0/s1. The average molecular weight is 284 g/mol. The number of aliphatic hydroxyl groups is 2. The molecule has 3 atom stereocenters. The van der Waals surface area contributed by atoms with E-state index in [1.165, 1.54) is 12.8 Å². The number of hydrogen-bond acceptors (Lipinski definition) is 3. The van der Waals surface area contributed by atoms with Gasteiger partial charge in [0.05, 0.1) is 6.10 Å². The van der Waals surface area contributed by atoms with Gasteiger partial charge >= 0.3 is 0 Å². The predicted molar refractivity (Wildman–Crippen MR) is 77.2 cm³/mol. The molecule has 0 heterocycles. The second kappa shape index (κ2) is 7.25. The molecule has 0 aliphatic heterocycles. The van der Waals surface area contributed by atoms with E-state index in [9.17, 15) is 10.2 Å².